The highest BCUT2D eigenvalue weighted by molar-refractivity contribution is 7.92. The van der Waals surface area contributed by atoms with Crippen LogP contribution in [-0.2, 0) is 26.2 Å². The van der Waals surface area contributed by atoms with E-state index in [1.165, 1.54) is 35.2 Å². The van der Waals surface area contributed by atoms with E-state index >= 15 is 0 Å². The van der Waals surface area contributed by atoms with Crippen LogP contribution in [-0.4, -0.2) is 51.4 Å². The van der Waals surface area contributed by atoms with Gasteiger partial charge in [-0.2, -0.15) is 0 Å². The number of carbonyl (C=O) groups excluding carboxylic acids is 2. The van der Waals surface area contributed by atoms with Gasteiger partial charge in [-0.15, -0.1) is 0 Å². The van der Waals surface area contributed by atoms with Crippen molar-refractivity contribution in [1.82, 2.24) is 10.2 Å². The van der Waals surface area contributed by atoms with Gasteiger partial charge in [0.15, 0.2) is 0 Å². The van der Waals surface area contributed by atoms with E-state index in [0.29, 0.717) is 17.3 Å². The fourth-order valence-corrected chi connectivity index (χ4v) is 5.98. The number of anilines is 1. The van der Waals surface area contributed by atoms with Gasteiger partial charge in [0.2, 0.25) is 11.8 Å². The Balaban J connectivity index is 2.01. The molecule has 0 unspecified atom stereocenters. The molecule has 214 valence electrons. The smallest absolute Gasteiger partial charge is 0.264 e. The summed E-state index contributed by atoms with van der Waals surface area (Å²) >= 11 is 12.5. The average Bonchev–Trinajstić information content (AvgIpc) is 2.95. The van der Waals surface area contributed by atoms with Crippen molar-refractivity contribution in [1.29, 1.82) is 0 Å². The standard InChI is InChI=1S/C29H33Cl2N3O5S/c1-4-5-17-32-29(36)21(2)33(19-22-11-14-24(39-3)15-12-22)28(35)20-34(27-16-13-23(30)18-26(27)31)40(37,38)25-9-7-6-8-10-25/h6-16,18,21H,4-5,17,19-20H2,1-3H3,(H,32,36)/t21-/m0/s1. The number of nitrogens with one attached hydrogen (secondary N) is 1. The van der Waals surface area contributed by atoms with Crippen LogP contribution in [0.1, 0.15) is 32.3 Å². The molecule has 11 heteroatoms. The Morgan fingerprint density at radius 1 is 1.00 bits per heavy atom. The highest BCUT2D eigenvalue weighted by Gasteiger charge is 2.33. The highest BCUT2D eigenvalue weighted by Crippen LogP contribution is 2.33. The second-order valence-electron chi connectivity index (χ2n) is 9.11. The second-order valence-corrected chi connectivity index (χ2v) is 11.8. The van der Waals surface area contributed by atoms with Crippen LogP contribution in [0, 0.1) is 0 Å². The zero-order valence-electron chi connectivity index (χ0n) is 22.6. The lowest BCUT2D eigenvalue weighted by atomic mass is 10.1. The first-order chi connectivity index (χ1) is 19.1. The summed E-state index contributed by atoms with van der Waals surface area (Å²) in [5.41, 5.74) is 0.831. The van der Waals surface area contributed by atoms with Crippen LogP contribution in [0.3, 0.4) is 0 Å². The number of nitrogens with zero attached hydrogens (tertiary/aromatic N) is 2. The van der Waals surface area contributed by atoms with Gasteiger partial charge < -0.3 is 15.0 Å². The van der Waals surface area contributed by atoms with Gasteiger partial charge in [-0.3, -0.25) is 13.9 Å². The summed E-state index contributed by atoms with van der Waals surface area (Å²) in [6, 6.07) is 18.3. The molecule has 1 N–H and O–H groups in total. The number of carbonyl (C=O) groups is 2. The van der Waals surface area contributed by atoms with Crippen LogP contribution in [0.4, 0.5) is 5.69 Å². The minimum absolute atomic E-state index is 0.0131. The van der Waals surface area contributed by atoms with E-state index in [1.54, 1.807) is 56.5 Å². The zero-order chi connectivity index (χ0) is 29.3. The molecular formula is C29H33Cl2N3O5S. The molecule has 0 spiro atoms. The monoisotopic (exact) mass is 605 g/mol. The quantitative estimate of drug-likeness (QED) is 0.258. The summed E-state index contributed by atoms with van der Waals surface area (Å²) in [7, 11) is -2.67. The van der Waals surface area contributed by atoms with E-state index in [1.807, 2.05) is 6.92 Å². The van der Waals surface area contributed by atoms with Gasteiger partial charge in [0, 0.05) is 18.1 Å². The summed E-state index contributed by atoms with van der Waals surface area (Å²) in [6.45, 7) is 3.58. The van der Waals surface area contributed by atoms with Gasteiger partial charge in [0.25, 0.3) is 10.0 Å². The van der Waals surface area contributed by atoms with Gasteiger partial charge in [-0.1, -0.05) is 66.9 Å². The average molecular weight is 607 g/mol. The molecule has 8 nitrogen and oxygen atoms in total. The van der Waals surface area contributed by atoms with E-state index in [9.17, 15) is 18.0 Å². The van der Waals surface area contributed by atoms with Crippen LogP contribution < -0.4 is 14.4 Å². The van der Waals surface area contributed by atoms with Crippen molar-refractivity contribution >= 4 is 50.7 Å². The molecule has 40 heavy (non-hydrogen) atoms. The molecule has 0 saturated carbocycles. The maximum Gasteiger partial charge on any atom is 0.264 e. The lowest BCUT2D eigenvalue weighted by Gasteiger charge is -2.32. The van der Waals surface area contributed by atoms with Crippen LogP contribution in [0.25, 0.3) is 0 Å². The van der Waals surface area contributed by atoms with Crippen molar-refractivity contribution in [2.45, 2.75) is 44.2 Å². The van der Waals surface area contributed by atoms with Crippen molar-refractivity contribution < 1.29 is 22.7 Å². The number of unbranched alkanes of at least 4 members (excludes halogenated alkanes) is 1. The summed E-state index contributed by atoms with van der Waals surface area (Å²) < 4.78 is 33.8. The predicted octanol–water partition coefficient (Wildman–Crippen LogP) is 5.53. The number of ether oxygens (including phenoxy) is 1. The molecule has 0 saturated heterocycles. The molecule has 3 aromatic rings. The lowest BCUT2D eigenvalue weighted by molar-refractivity contribution is -0.139. The zero-order valence-corrected chi connectivity index (χ0v) is 25.0. The summed E-state index contributed by atoms with van der Waals surface area (Å²) in [6.07, 6.45) is 1.69. The van der Waals surface area contributed by atoms with Crippen molar-refractivity contribution in [3.05, 3.63) is 88.4 Å². The molecule has 0 aliphatic carbocycles. The first-order valence-electron chi connectivity index (χ1n) is 12.8. The van der Waals surface area contributed by atoms with Crippen LogP contribution in [0.15, 0.2) is 77.7 Å². The Bertz CT molecular complexity index is 1400. The normalized spacial score (nSPS) is 11.9. The van der Waals surface area contributed by atoms with Crippen LogP contribution in [0.5, 0.6) is 5.75 Å². The number of rotatable bonds is 13. The van der Waals surface area contributed by atoms with Gasteiger partial charge in [0.1, 0.15) is 18.3 Å². The Labute approximate surface area is 245 Å². The SMILES string of the molecule is CCCCNC(=O)[C@H](C)N(Cc1ccc(OC)cc1)C(=O)CN(c1ccc(Cl)cc1Cl)S(=O)(=O)c1ccccc1. The molecule has 0 fully saturated rings. The highest BCUT2D eigenvalue weighted by atomic mass is 35.5. The number of amides is 2. The number of hydrogen-bond donors (Lipinski definition) is 1. The van der Waals surface area contributed by atoms with Gasteiger partial charge in [0.05, 0.1) is 22.7 Å². The Hall–Kier alpha value is -3.27. The molecule has 0 radical (unpaired) electrons. The fraction of sp³-hybridized carbons (Fsp3) is 0.310. The van der Waals surface area contributed by atoms with Crippen molar-refractivity contribution in [3.63, 3.8) is 0 Å². The minimum Gasteiger partial charge on any atom is -0.497 e. The Morgan fingerprint density at radius 2 is 1.68 bits per heavy atom. The van der Waals surface area contributed by atoms with Crippen molar-refractivity contribution in [2.75, 3.05) is 24.5 Å². The minimum atomic E-state index is -4.22. The lowest BCUT2D eigenvalue weighted by Crippen LogP contribution is -2.51. The molecule has 3 aromatic carbocycles. The Morgan fingerprint density at radius 3 is 2.27 bits per heavy atom. The molecule has 0 aliphatic rings. The van der Waals surface area contributed by atoms with Gasteiger partial charge in [-0.25, -0.2) is 8.42 Å². The van der Waals surface area contributed by atoms with E-state index in [4.69, 9.17) is 27.9 Å². The maximum atomic E-state index is 13.9. The third kappa shape index (κ3) is 7.90. The van der Waals surface area contributed by atoms with E-state index in [2.05, 4.69) is 5.32 Å². The molecule has 2 amide bonds. The van der Waals surface area contributed by atoms with E-state index < -0.39 is 28.5 Å². The maximum absolute atomic E-state index is 13.9. The number of benzene rings is 3. The fourth-order valence-electron chi connectivity index (χ4n) is 3.96. The van der Waals surface area contributed by atoms with Crippen molar-refractivity contribution in [2.24, 2.45) is 0 Å². The largest absolute Gasteiger partial charge is 0.497 e. The molecule has 0 aromatic heterocycles. The van der Waals surface area contributed by atoms with Gasteiger partial charge >= 0.3 is 0 Å². The number of hydrogen-bond acceptors (Lipinski definition) is 5. The molecule has 0 heterocycles. The van der Waals surface area contributed by atoms with E-state index in [-0.39, 0.29) is 28.1 Å². The molecule has 0 bridgehead atoms. The molecule has 0 aliphatic heterocycles. The summed E-state index contributed by atoms with van der Waals surface area (Å²) in [5.74, 6) is -0.277. The topological polar surface area (TPSA) is 96.0 Å². The first kappa shape index (κ1) is 31.3. The van der Waals surface area contributed by atoms with E-state index in [0.717, 1.165) is 22.7 Å². The third-order valence-corrected chi connectivity index (χ3v) is 8.61. The van der Waals surface area contributed by atoms with Gasteiger partial charge in [-0.05, 0) is 61.4 Å². The summed E-state index contributed by atoms with van der Waals surface area (Å²) in [5, 5.41) is 3.24. The third-order valence-electron chi connectivity index (χ3n) is 6.30. The predicted molar refractivity (Wildman–Crippen MR) is 158 cm³/mol. The molecule has 3 rings (SSSR count). The number of sulfonamides is 1. The van der Waals surface area contributed by atoms with Crippen LogP contribution >= 0.6 is 23.2 Å². The summed E-state index contributed by atoms with van der Waals surface area (Å²) in [4.78, 5) is 28.3. The van der Waals surface area contributed by atoms with Crippen LogP contribution in [0.2, 0.25) is 10.0 Å². The van der Waals surface area contributed by atoms with Crippen molar-refractivity contribution in [3.8, 4) is 5.75 Å². The second kappa shape index (κ2) is 14.4. The Kier molecular flexibility index (Phi) is 11.2. The number of halogens is 2. The molecule has 1 atom stereocenters. The first-order valence-corrected chi connectivity index (χ1v) is 15.0. The molecular weight excluding hydrogens is 573 g/mol. The number of methoxy groups -OCH3 is 1.